The maximum atomic E-state index is 12.2. The molecule has 0 unspecified atom stereocenters. The Morgan fingerprint density at radius 2 is 1.78 bits per heavy atom. The second-order valence-corrected chi connectivity index (χ2v) is 6.86. The second kappa shape index (κ2) is 8.99. The largest absolute Gasteiger partial charge is 0.494 e. The van der Waals surface area contributed by atoms with Crippen LogP contribution in [0.3, 0.4) is 0 Å². The highest BCUT2D eigenvalue weighted by atomic mass is 16.5. The summed E-state index contributed by atoms with van der Waals surface area (Å²) in [5.74, 6) is 1.13. The van der Waals surface area contributed by atoms with Crippen LogP contribution in [0.15, 0.2) is 71.8 Å². The molecule has 3 aromatic carbocycles. The smallest absolute Gasteiger partial charge is 0.271 e. The number of nitrogens with one attached hydrogen (secondary N) is 1. The van der Waals surface area contributed by atoms with Crippen molar-refractivity contribution in [3.8, 4) is 5.75 Å². The summed E-state index contributed by atoms with van der Waals surface area (Å²) in [7, 11) is 0. The number of hydrazone groups is 1. The van der Waals surface area contributed by atoms with Crippen LogP contribution in [0.1, 0.15) is 36.2 Å². The minimum Gasteiger partial charge on any atom is -0.494 e. The van der Waals surface area contributed by atoms with Crippen LogP contribution in [0.25, 0.3) is 10.8 Å². The first-order chi connectivity index (χ1) is 13.1. The number of carbonyl (C=O) groups is 1. The molecule has 3 aromatic rings. The number of rotatable bonds is 7. The summed E-state index contributed by atoms with van der Waals surface area (Å²) in [4.78, 5) is 12.2. The predicted molar refractivity (Wildman–Crippen MR) is 110 cm³/mol. The molecule has 0 aliphatic rings. The molecule has 1 amide bonds. The second-order valence-electron chi connectivity index (χ2n) is 6.86. The average Bonchev–Trinajstić information content (AvgIpc) is 2.68. The van der Waals surface area contributed by atoms with Crippen LogP contribution < -0.4 is 10.2 Å². The van der Waals surface area contributed by atoms with E-state index in [4.69, 9.17) is 4.74 Å². The fraction of sp³-hybridized carbons (Fsp3) is 0.217. The third kappa shape index (κ3) is 5.42. The predicted octanol–water partition coefficient (Wildman–Crippen LogP) is 5.03. The first kappa shape index (κ1) is 18.6. The molecule has 27 heavy (non-hydrogen) atoms. The lowest BCUT2D eigenvalue weighted by Gasteiger charge is -2.08. The number of fused-ring (bicyclic) bond motifs is 1. The molecule has 0 aliphatic carbocycles. The molecule has 0 spiro atoms. The summed E-state index contributed by atoms with van der Waals surface area (Å²) in [5.41, 5.74) is 4.04. The molecule has 0 aliphatic heterocycles. The van der Waals surface area contributed by atoms with Crippen molar-refractivity contribution in [3.63, 3.8) is 0 Å². The third-order valence-electron chi connectivity index (χ3n) is 4.23. The van der Waals surface area contributed by atoms with E-state index in [0.29, 0.717) is 18.1 Å². The molecule has 0 aromatic heterocycles. The van der Waals surface area contributed by atoms with Gasteiger partial charge in [-0.2, -0.15) is 5.10 Å². The Kier molecular flexibility index (Phi) is 6.21. The van der Waals surface area contributed by atoms with E-state index in [2.05, 4.69) is 36.5 Å². The minimum absolute atomic E-state index is 0.249. The van der Waals surface area contributed by atoms with Gasteiger partial charge in [0.25, 0.3) is 5.91 Å². The van der Waals surface area contributed by atoms with E-state index in [1.54, 1.807) is 18.3 Å². The Morgan fingerprint density at radius 1 is 1.04 bits per heavy atom. The van der Waals surface area contributed by atoms with Crippen LogP contribution in [-0.4, -0.2) is 18.7 Å². The van der Waals surface area contributed by atoms with Gasteiger partial charge in [0.2, 0.25) is 0 Å². The van der Waals surface area contributed by atoms with Gasteiger partial charge in [-0.1, -0.05) is 50.2 Å². The third-order valence-corrected chi connectivity index (χ3v) is 4.23. The van der Waals surface area contributed by atoms with Gasteiger partial charge < -0.3 is 4.74 Å². The monoisotopic (exact) mass is 360 g/mol. The fourth-order valence-corrected chi connectivity index (χ4v) is 2.63. The first-order valence-electron chi connectivity index (χ1n) is 9.17. The standard InChI is InChI=1S/C23H24N2O2/c1-17(2)13-14-27-22-11-9-20(10-12-22)23(26)25-24-16-18-7-8-19-5-3-4-6-21(19)15-18/h3-12,15-17H,13-14H2,1-2H3,(H,25,26)/b24-16+. The van der Waals surface area contributed by atoms with Crippen LogP contribution in [0.5, 0.6) is 5.75 Å². The Balaban J connectivity index is 1.55. The molecule has 138 valence electrons. The van der Waals surface area contributed by atoms with E-state index in [1.807, 2.05) is 42.5 Å². The number of benzene rings is 3. The van der Waals surface area contributed by atoms with Crippen LogP contribution in [-0.2, 0) is 0 Å². The van der Waals surface area contributed by atoms with Crippen molar-refractivity contribution in [2.24, 2.45) is 11.0 Å². The lowest BCUT2D eigenvalue weighted by molar-refractivity contribution is 0.0955. The first-order valence-corrected chi connectivity index (χ1v) is 9.17. The summed E-state index contributed by atoms with van der Waals surface area (Å²) >= 11 is 0. The number of carbonyl (C=O) groups excluding carboxylic acids is 1. The van der Waals surface area contributed by atoms with Gasteiger partial charge in [0.15, 0.2) is 0 Å². The van der Waals surface area contributed by atoms with Gasteiger partial charge in [0.05, 0.1) is 12.8 Å². The van der Waals surface area contributed by atoms with Gasteiger partial charge >= 0.3 is 0 Å². The zero-order valence-corrected chi connectivity index (χ0v) is 15.7. The van der Waals surface area contributed by atoms with Crippen molar-refractivity contribution in [1.82, 2.24) is 5.43 Å². The quantitative estimate of drug-likeness (QED) is 0.475. The van der Waals surface area contributed by atoms with Gasteiger partial charge in [-0.05, 0) is 59.0 Å². The zero-order chi connectivity index (χ0) is 19.1. The van der Waals surface area contributed by atoms with E-state index in [1.165, 1.54) is 5.39 Å². The van der Waals surface area contributed by atoms with E-state index < -0.39 is 0 Å². The van der Waals surface area contributed by atoms with E-state index >= 15 is 0 Å². The van der Waals surface area contributed by atoms with Gasteiger partial charge in [-0.25, -0.2) is 5.43 Å². The molecular formula is C23H24N2O2. The molecule has 4 heteroatoms. The molecule has 0 fully saturated rings. The number of hydrogen-bond donors (Lipinski definition) is 1. The lowest BCUT2D eigenvalue weighted by atomic mass is 10.1. The zero-order valence-electron chi connectivity index (χ0n) is 15.7. The van der Waals surface area contributed by atoms with Crippen molar-refractivity contribution in [2.75, 3.05) is 6.61 Å². The van der Waals surface area contributed by atoms with Crippen LogP contribution >= 0.6 is 0 Å². The molecule has 0 saturated carbocycles. The summed E-state index contributed by atoms with van der Waals surface area (Å²) in [6.45, 7) is 5.00. The summed E-state index contributed by atoms with van der Waals surface area (Å²) < 4.78 is 5.66. The molecule has 0 heterocycles. The summed E-state index contributed by atoms with van der Waals surface area (Å²) in [6, 6.07) is 21.3. The van der Waals surface area contributed by atoms with E-state index in [9.17, 15) is 4.79 Å². The van der Waals surface area contributed by atoms with E-state index in [-0.39, 0.29) is 5.91 Å². The summed E-state index contributed by atoms with van der Waals surface area (Å²) in [5, 5.41) is 6.38. The average molecular weight is 360 g/mol. The molecule has 0 saturated heterocycles. The number of ether oxygens (including phenoxy) is 1. The van der Waals surface area contributed by atoms with Crippen LogP contribution in [0.2, 0.25) is 0 Å². The van der Waals surface area contributed by atoms with Crippen molar-refractivity contribution in [1.29, 1.82) is 0 Å². The molecular weight excluding hydrogens is 336 g/mol. The Hall–Kier alpha value is -3.14. The van der Waals surface area contributed by atoms with Crippen molar-refractivity contribution < 1.29 is 9.53 Å². The highest BCUT2D eigenvalue weighted by Gasteiger charge is 2.04. The van der Waals surface area contributed by atoms with E-state index in [0.717, 1.165) is 23.1 Å². The molecule has 1 N–H and O–H groups in total. The van der Waals surface area contributed by atoms with Crippen molar-refractivity contribution >= 4 is 22.9 Å². The molecule has 0 radical (unpaired) electrons. The SMILES string of the molecule is CC(C)CCOc1ccc(C(=O)N/N=C/c2ccc3ccccc3c2)cc1. The topological polar surface area (TPSA) is 50.7 Å². The highest BCUT2D eigenvalue weighted by Crippen LogP contribution is 2.15. The fourth-order valence-electron chi connectivity index (χ4n) is 2.63. The Labute approximate surface area is 159 Å². The summed E-state index contributed by atoms with van der Waals surface area (Å²) in [6.07, 6.45) is 2.65. The number of amides is 1. The van der Waals surface area contributed by atoms with Crippen LogP contribution in [0, 0.1) is 5.92 Å². The number of nitrogens with zero attached hydrogens (tertiary/aromatic N) is 1. The van der Waals surface area contributed by atoms with Gasteiger partial charge in [0.1, 0.15) is 5.75 Å². The van der Waals surface area contributed by atoms with Gasteiger partial charge in [-0.3, -0.25) is 4.79 Å². The lowest BCUT2D eigenvalue weighted by Crippen LogP contribution is -2.17. The van der Waals surface area contributed by atoms with Crippen molar-refractivity contribution in [2.45, 2.75) is 20.3 Å². The normalized spacial score (nSPS) is 11.2. The molecule has 0 bridgehead atoms. The highest BCUT2D eigenvalue weighted by molar-refractivity contribution is 5.95. The maximum Gasteiger partial charge on any atom is 0.271 e. The maximum absolute atomic E-state index is 12.2. The Bertz CT molecular complexity index is 931. The number of hydrogen-bond acceptors (Lipinski definition) is 3. The molecule has 0 atom stereocenters. The molecule has 4 nitrogen and oxygen atoms in total. The van der Waals surface area contributed by atoms with Crippen LogP contribution in [0.4, 0.5) is 0 Å². The minimum atomic E-state index is -0.249. The van der Waals surface area contributed by atoms with Gasteiger partial charge in [-0.15, -0.1) is 0 Å². The molecule has 3 rings (SSSR count). The van der Waals surface area contributed by atoms with Crippen molar-refractivity contribution in [3.05, 3.63) is 77.9 Å². The van der Waals surface area contributed by atoms with Gasteiger partial charge in [0, 0.05) is 5.56 Å². The Morgan fingerprint density at radius 3 is 2.52 bits per heavy atom.